The first kappa shape index (κ1) is 11.7. The van der Waals surface area contributed by atoms with Gasteiger partial charge in [0.05, 0.1) is 14.2 Å². The van der Waals surface area contributed by atoms with Gasteiger partial charge in [-0.1, -0.05) is 0 Å². The van der Waals surface area contributed by atoms with E-state index < -0.39 is 0 Å². The van der Waals surface area contributed by atoms with E-state index in [1.165, 1.54) is 5.56 Å². The van der Waals surface area contributed by atoms with Crippen LogP contribution >= 0.6 is 43.2 Å². The highest BCUT2D eigenvalue weighted by Gasteiger charge is 2.04. The third-order valence-corrected chi connectivity index (χ3v) is 3.94. The minimum atomic E-state index is 0.655. The van der Waals surface area contributed by atoms with Crippen molar-refractivity contribution < 1.29 is 4.74 Å². The molecule has 0 aliphatic carbocycles. The van der Waals surface area contributed by atoms with Gasteiger partial charge in [-0.05, 0) is 50.9 Å². The molecule has 1 aromatic heterocycles. The molecule has 0 aromatic carbocycles. The first-order chi connectivity index (χ1) is 6.24. The van der Waals surface area contributed by atoms with Crippen molar-refractivity contribution in [3.8, 4) is 0 Å². The van der Waals surface area contributed by atoms with Crippen LogP contribution in [-0.4, -0.2) is 13.2 Å². The summed E-state index contributed by atoms with van der Waals surface area (Å²) < 4.78 is 7.68. The lowest BCUT2D eigenvalue weighted by atomic mass is 10.4. The number of hydrogen-bond acceptors (Lipinski definition) is 3. The zero-order valence-electron chi connectivity index (χ0n) is 7.06. The topological polar surface area (TPSA) is 35.2 Å². The zero-order valence-corrected chi connectivity index (χ0v) is 11.0. The Morgan fingerprint density at radius 3 is 2.77 bits per heavy atom. The first-order valence-corrected chi connectivity index (χ1v) is 6.36. The Bertz CT molecular complexity index is 265. The molecule has 5 heteroatoms. The average molecular weight is 329 g/mol. The van der Waals surface area contributed by atoms with Crippen molar-refractivity contribution >= 4 is 43.2 Å². The van der Waals surface area contributed by atoms with Crippen molar-refractivity contribution in [2.75, 3.05) is 13.2 Å². The molecule has 1 rings (SSSR count). The summed E-state index contributed by atoms with van der Waals surface area (Å²) in [5.41, 5.74) is 6.54. The van der Waals surface area contributed by atoms with E-state index in [4.69, 9.17) is 10.5 Å². The van der Waals surface area contributed by atoms with Crippen LogP contribution in [0.1, 0.15) is 12.0 Å². The van der Waals surface area contributed by atoms with Crippen LogP contribution in [-0.2, 0) is 11.3 Å². The maximum absolute atomic E-state index is 5.43. The van der Waals surface area contributed by atoms with Gasteiger partial charge in [-0.3, -0.25) is 0 Å². The van der Waals surface area contributed by atoms with Gasteiger partial charge in [0.1, 0.15) is 0 Å². The van der Waals surface area contributed by atoms with Crippen LogP contribution in [0.25, 0.3) is 0 Å². The van der Waals surface area contributed by atoms with Crippen LogP contribution in [0, 0.1) is 0 Å². The van der Waals surface area contributed by atoms with Gasteiger partial charge in [0, 0.05) is 12.2 Å². The molecular weight excluding hydrogens is 318 g/mol. The Balaban J connectivity index is 2.32. The van der Waals surface area contributed by atoms with Crippen molar-refractivity contribution in [2.24, 2.45) is 5.73 Å². The Hall–Kier alpha value is 0.580. The third-order valence-electron chi connectivity index (χ3n) is 1.48. The van der Waals surface area contributed by atoms with Gasteiger partial charge in [-0.15, -0.1) is 11.3 Å². The lowest BCUT2D eigenvalue weighted by Crippen LogP contribution is -2.04. The summed E-state index contributed by atoms with van der Waals surface area (Å²) in [6.45, 7) is 2.08. The fourth-order valence-electron chi connectivity index (χ4n) is 0.840. The lowest BCUT2D eigenvalue weighted by molar-refractivity contribution is 0.120. The predicted molar refractivity (Wildman–Crippen MR) is 63.0 cm³/mol. The lowest BCUT2D eigenvalue weighted by Gasteiger charge is -2.01. The summed E-state index contributed by atoms with van der Waals surface area (Å²) in [5.74, 6) is 0. The molecular formula is C8H11Br2NOS. The number of thiophene rings is 1. The van der Waals surface area contributed by atoms with Crippen molar-refractivity contribution in [1.82, 2.24) is 0 Å². The van der Waals surface area contributed by atoms with E-state index in [0.717, 1.165) is 20.6 Å². The molecule has 0 bridgehead atoms. The van der Waals surface area contributed by atoms with Gasteiger partial charge in [0.25, 0.3) is 0 Å². The minimum Gasteiger partial charge on any atom is -0.377 e. The van der Waals surface area contributed by atoms with Gasteiger partial charge in [0.15, 0.2) is 0 Å². The van der Waals surface area contributed by atoms with Crippen LogP contribution < -0.4 is 5.73 Å². The van der Waals surface area contributed by atoms with E-state index in [9.17, 15) is 0 Å². The van der Waals surface area contributed by atoms with Gasteiger partial charge >= 0.3 is 0 Å². The standard InChI is InChI=1S/C8H11Br2NOS/c9-7-4-6(8(10)13-7)5-12-3-1-2-11/h4H,1-3,5,11H2. The van der Waals surface area contributed by atoms with E-state index >= 15 is 0 Å². The molecule has 1 heterocycles. The second-order valence-corrected chi connectivity index (χ2v) is 6.29. The van der Waals surface area contributed by atoms with Crippen molar-refractivity contribution in [3.63, 3.8) is 0 Å². The van der Waals surface area contributed by atoms with Crippen molar-refractivity contribution in [1.29, 1.82) is 0 Å². The van der Waals surface area contributed by atoms with E-state index in [2.05, 4.69) is 37.9 Å². The van der Waals surface area contributed by atoms with E-state index in [1.807, 2.05) is 0 Å². The predicted octanol–water partition coefficient (Wildman–Crippen LogP) is 3.14. The summed E-state index contributed by atoms with van der Waals surface area (Å²) in [5, 5.41) is 0. The summed E-state index contributed by atoms with van der Waals surface area (Å²) >= 11 is 8.55. The monoisotopic (exact) mass is 327 g/mol. The molecule has 0 amide bonds. The fraction of sp³-hybridized carbons (Fsp3) is 0.500. The number of nitrogens with two attached hydrogens (primary N) is 1. The SMILES string of the molecule is NCCCOCc1cc(Br)sc1Br. The first-order valence-electron chi connectivity index (χ1n) is 3.95. The van der Waals surface area contributed by atoms with Crippen molar-refractivity contribution in [2.45, 2.75) is 13.0 Å². The van der Waals surface area contributed by atoms with Gasteiger partial charge in [-0.25, -0.2) is 0 Å². The summed E-state index contributed by atoms with van der Waals surface area (Å²) in [7, 11) is 0. The molecule has 74 valence electrons. The average Bonchev–Trinajstić information content (AvgIpc) is 2.39. The maximum Gasteiger partial charge on any atom is 0.0765 e. The van der Waals surface area contributed by atoms with E-state index in [0.29, 0.717) is 13.2 Å². The van der Waals surface area contributed by atoms with Gasteiger partial charge < -0.3 is 10.5 Å². The largest absolute Gasteiger partial charge is 0.377 e. The third kappa shape index (κ3) is 4.08. The van der Waals surface area contributed by atoms with Crippen LogP contribution in [0.4, 0.5) is 0 Å². The Morgan fingerprint density at radius 2 is 2.23 bits per heavy atom. The number of hydrogen-bond donors (Lipinski definition) is 1. The highest BCUT2D eigenvalue weighted by Crippen LogP contribution is 2.32. The van der Waals surface area contributed by atoms with Crippen molar-refractivity contribution in [3.05, 3.63) is 19.2 Å². The second kappa shape index (κ2) is 6.14. The van der Waals surface area contributed by atoms with Crippen LogP contribution in [0.2, 0.25) is 0 Å². The Kier molecular flexibility index (Phi) is 5.50. The smallest absolute Gasteiger partial charge is 0.0765 e. The normalized spacial score (nSPS) is 10.7. The quantitative estimate of drug-likeness (QED) is 0.843. The number of rotatable bonds is 5. The molecule has 0 aliphatic heterocycles. The molecule has 0 saturated carbocycles. The van der Waals surface area contributed by atoms with Crippen LogP contribution in [0.3, 0.4) is 0 Å². The van der Waals surface area contributed by atoms with E-state index in [-0.39, 0.29) is 0 Å². The molecule has 2 N–H and O–H groups in total. The molecule has 0 spiro atoms. The molecule has 0 fully saturated rings. The summed E-state index contributed by atoms with van der Waals surface area (Å²) in [6.07, 6.45) is 0.920. The molecule has 1 aromatic rings. The highest BCUT2D eigenvalue weighted by atomic mass is 79.9. The maximum atomic E-state index is 5.43. The van der Waals surface area contributed by atoms with Gasteiger partial charge in [0.2, 0.25) is 0 Å². The minimum absolute atomic E-state index is 0.655. The summed E-state index contributed by atoms with van der Waals surface area (Å²) in [6, 6.07) is 2.07. The Labute approximate surface area is 98.7 Å². The van der Waals surface area contributed by atoms with Crippen LogP contribution in [0.5, 0.6) is 0 Å². The molecule has 0 aliphatic rings. The Morgan fingerprint density at radius 1 is 1.46 bits per heavy atom. The van der Waals surface area contributed by atoms with Gasteiger partial charge in [-0.2, -0.15) is 0 Å². The second-order valence-electron chi connectivity index (χ2n) is 2.54. The molecule has 0 atom stereocenters. The number of ether oxygens (including phenoxy) is 1. The summed E-state index contributed by atoms with van der Waals surface area (Å²) in [4.78, 5) is 0. The fourth-order valence-corrected chi connectivity index (χ4v) is 3.63. The molecule has 2 nitrogen and oxygen atoms in total. The van der Waals surface area contributed by atoms with E-state index in [1.54, 1.807) is 11.3 Å². The van der Waals surface area contributed by atoms with Crippen LogP contribution in [0.15, 0.2) is 13.6 Å². The molecule has 0 radical (unpaired) electrons. The molecule has 13 heavy (non-hydrogen) atoms. The number of halogens is 2. The highest BCUT2D eigenvalue weighted by molar-refractivity contribution is 9.12. The molecule has 0 saturated heterocycles. The molecule has 0 unspecified atom stereocenters. The zero-order chi connectivity index (χ0) is 9.68.